The van der Waals surface area contributed by atoms with E-state index in [1.54, 1.807) is 18.2 Å². The quantitative estimate of drug-likeness (QED) is 0.336. The summed E-state index contributed by atoms with van der Waals surface area (Å²) >= 11 is 0. The molecule has 4 aromatic rings. The van der Waals surface area contributed by atoms with Crippen LogP contribution in [0.25, 0.3) is 21.9 Å². The van der Waals surface area contributed by atoms with Crippen LogP contribution in [0, 0.1) is 5.92 Å². The Bertz CT molecular complexity index is 1240. The molecule has 32 heavy (non-hydrogen) atoms. The molecule has 0 bridgehead atoms. The monoisotopic (exact) mass is 426 g/mol. The van der Waals surface area contributed by atoms with Crippen LogP contribution in [0.3, 0.4) is 0 Å². The minimum absolute atomic E-state index is 0.221. The molecule has 0 amide bonds. The largest absolute Gasteiger partial charge is 0.493 e. The second-order valence-electron chi connectivity index (χ2n) is 8.18. The van der Waals surface area contributed by atoms with E-state index >= 15 is 0 Å². The first kappa shape index (κ1) is 21.4. The number of ether oxygens (including phenoxy) is 2. The molecule has 0 saturated carbocycles. The molecule has 0 radical (unpaired) electrons. The first-order valence-electron chi connectivity index (χ1n) is 10.7. The van der Waals surface area contributed by atoms with E-state index in [9.17, 15) is 9.90 Å². The van der Waals surface area contributed by atoms with Gasteiger partial charge in [0.2, 0.25) is 0 Å². The first-order chi connectivity index (χ1) is 15.5. The van der Waals surface area contributed by atoms with Crippen LogP contribution in [0.4, 0.5) is 0 Å². The van der Waals surface area contributed by atoms with Crippen molar-refractivity contribution in [2.24, 2.45) is 5.92 Å². The third-order valence-electron chi connectivity index (χ3n) is 5.22. The van der Waals surface area contributed by atoms with Crippen LogP contribution < -0.4 is 9.47 Å². The maximum absolute atomic E-state index is 11.5. The van der Waals surface area contributed by atoms with Gasteiger partial charge in [-0.25, -0.2) is 4.79 Å². The topological polar surface area (TPSA) is 55.8 Å². The first-order valence-corrected chi connectivity index (χ1v) is 10.7. The minimum atomic E-state index is -0.968. The number of carboxylic acid groups (broad SMARTS) is 1. The average molecular weight is 427 g/mol. The molecule has 0 aliphatic rings. The fraction of sp³-hybridized carbons (Fsp3) is 0.179. The summed E-state index contributed by atoms with van der Waals surface area (Å²) < 4.78 is 12.1. The summed E-state index contributed by atoms with van der Waals surface area (Å²) in [4.78, 5) is 11.5. The number of carboxylic acids is 1. The van der Waals surface area contributed by atoms with Gasteiger partial charge in [0.25, 0.3) is 0 Å². The molecular weight excluding hydrogens is 400 g/mol. The van der Waals surface area contributed by atoms with Gasteiger partial charge in [0.15, 0.2) is 0 Å². The molecule has 0 spiro atoms. The van der Waals surface area contributed by atoms with Crippen molar-refractivity contribution in [1.82, 2.24) is 0 Å². The van der Waals surface area contributed by atoms with Crippen LogP contribution in [-0.4, -0.2) is 17.7 Å². The van der Waals surface area contributed by atoms with E-state index in [0.717, 1.165) is 16.7 Å². The van der Waals surface area contributed by atoms with Gasteiger partial charge in [0, 0.05) is 5.56 Å². The lowest BCUT2D eigenvalue weighted by atomic mass is 10.0. The number of rotatable bonds is 8. The van der Waals surface area contributed by atoms with Crippen LogP contribution >= 0.6 is 0 Å². The van der Waals surface area contributed by atoms with Gasteiger partial charge in [-0.15, -0.1) is 0 Å². The van der Waals surface area contributed by atoms with Gasteiger partial charge in [-0.2, -0.15) is 0 Å². The molecular formula is C28H26O4. The molecule has 0 heterocycles. The summed E-state index contributed by atoms with van der Waals surface area (Å²) in [6.07, 6.45) is 0. The van der Waals surface area contributed by atoms with Crippen molar-refractivity contribution >= 4 is 16.7 Å². The van der Waals surface area contributed by atoms with Gasteiger partial charge in [-0.3, -0.25) is 0 Å². The normalized spacial score (nSPS) is 11.0. The van der Waals surface area contributed by atoms with Crippen molar-refractivity contribution < 1.29 is 19.4 Å². The summed E-state index contributed by atoms with van der Waals surface area (Å²) in [5.41, 5.74) is 2.92. The average Bonchev–Trinajstić information content (AvgIpc) is 2.81. The Morgan fingerprint density at radius 2 is 1.66 bits per heavy atom. The van der Waals surface area contributed by atoms with Crippen molar-refractivity contribution in [2.75, 3.05) is 6.61 Å². The van der Waals surface area contributed by atoms with Crippen LogP contribution in [0.2, 0.25) is 0 Å². The van der Waals surface area contributed by atoms with Crippen LogP contribution in [0.1, 0.15) is 29.8 Å². The Labute approximate surface area is 188 Å². The number of benzene rings is 4. The second kappa shape index (κ2) is 9.56. The van der Waals surface area contributed by atoms with E-state index < -0.39 is 5.97 Å². The molecule has 4 rings (SSSR count). The molecule has 1 N–H and O–H groups in total. The standard InChI is InChI=1S/C28H26O4/c1-19(2)17-32-27-14-13-22(28(29)30)16-26(27)21-9-6-11-24(15-21)31-18-23-10-5-8-20-7-3-4-12-25(20)23/h3-16,19H,17-18H2,1-2H3,(H,29,30). The zero-order valence-corrected chi connectivity index (χ0v) is 18.2. The lowest BCUT2D eigenvalue weighted by Crippen LogP contribution is -2.06. The van der Waals surface area contributed by atoms with Crippen LogP contribution in [0.5, 0.6) is 11.5 Å². The van der Waals surface area contributed by atoms with Gasteiger partial charge >= 0.3 is 5.97 Å². The zero-order valence-electron chi connectivity index (χ0n) is 18.2. The molecule has 4 nitrogen and oxygen atoms in total. The molecule has 4 heteroatoms. The lowest BCUT2D eigenvalue weighted by molar-refractivity contribution is 0.0697. The SMILES string of the molecule is CC(C)COc1ccc(C(=O)O)cc1-c1cccc(OCc2cccc3ccccc23)c1. The Balaban J connectivity index is 1.62. The van der Waals surface area contributed by atoms with E-state index in [0.29, 0.717) is 30.6 Å². The highest BCUT2D eigenvalue weighted by atomic mass is 16.5. The number of aromatic carboxylic acids is 1. The van der Waals surface area contributed by atoms with Gasteiger partial charge in [-0.1, -0.05) is 68.4 Å². The zero-order chi connectivity index (χ0) is 22.5. The Morgan fingerprint density at radius 1 is 0.875 bits per heavy atom. The molecule has 0 saturated heterocycles. The van der Waals surface area contributed by atoms with Crippen molar-refractivity contribution in [3.63, 3.8) is 0 Å². The van der Waals surface area contributed by atoms with E-state index in [2.05, 4.69) is 38.1 Å². The molecule has 162 valence electrons. The van der Waals surface area contributed by atoms with E-state index in [1.165, 1.54) is 10.8 Å². The summed E-state index contributed by atoms with van der Waals surface area (Å²) in [6.45, 7) is 5.15. The predicted octanol–water partition coefficient (Wildman–Crippen LogP) is 6.82. The van der Waals surface area contributed by atoms with E-state index in [1.807, 2.05) is 42.5 Å². The summed E-state index contributed by atoms with van der Waals surface area (Å²) in [6, 6.07) is 27.1. The highest BCUT2D eigenvalue weighted by Crippen LogP contribution is 2.34. The third kappa shape index (κ3) is 4.92. The predicted molar refractivity (Wildman–Crippen MR) is 127 cm³/mol. The minimum Gasteiger partial charge on any atom is -0.493 e. The molecule has 0 aliphatic carbocycles. The van der Waals surface area contributed by atoms with Crippen molar-refractivity contribution in [3.8, 4) is 22.6 Å². The number of carbonyl (C=O) groups is 1. The summed E-state index contributed by atoms with van der Waals surface area (Å²) in [5.74, 6) is 0.767. The molecule has 0 aliphatic heterocycles. The van der Waals surface area contributed by atoms with Crippen LogP contribution in [-0.2, 0) is 6.61 Å². The molecule has 0 fully saturated rings. The van der Waals surface area contributed by atoms with Gasteiger partial charge in [0.05, 0.1) is 12.2 Å². The van der Waals surface area contributed by atoms with Gasteiger partial charge in [-0.05, 0) is 58.1 Å². The number of fused-ring (bicyclic) bond motifs is 1. The summed E-state index contributed by atoms with van der Waals surface area (Å²) in [5, 5.41) is 11.8. The molecule has 0 atom stereocenters. The van der Waals surface area contributed by atoms with Gasteiger partial charge in [0.1, 0.15) is 18.1 Å². The number of hydrogen-bond donors (Lipinski definition) is 1. The Kier molecular flexibility index (Phi) is 6.41. The fourth-order valence-electron chi connectivity index (χ4n) is 3.60. The molecule has 0 unspecified atom stereocenters. The van der Waals surface area contributed by atoms with E-state index in [-0.39, 0.29) is 5.56 Å². The highest BCUT2D eigenvalue weighted by Gasteiger charge is 2.13. The third-order valence-corrected chi connectivity index (χ3v) is 5.22. The fourth-order valence-corrected chi connectivity index (χ4v) is 3.60. The maximum atomic E-state index is 11.5. The molecule has 0 aromatic heterocycles. The summed E-state index contributed by atoms with van der Waals surface area (Å²) in [7, 11) is 0. The lowest BCUT2D eigenvalue weighted by Gasteiger charge is -2.15. The van der Waals surface area contributed by atoms with Crippen molar-refractivity contribution in [1.29, 1.82) is 0 Å². The Hall–Kier alpha value is -3.79. The van der Waals surface area contributed by atoms with Crippen molar-refractivity contribution in [3.05, 3.63) is 96.1 Å². The number of hydrogen-bond acceptors (Lipinski definition) is 3. The van der Waals surface area contributed by atoms with Gasteiger partial charge < -0.3 is 14.6 Å². The second-order valence-corrected chi connectivity index (χ2v) is 8.18. The van der Waals surface area contributed by atoms with Crippen LogP contribution in [0.15, 0.2) is 84.9 Å². The smallest absolute Gasteiger partial charge is 0.335 e. The van der Waals surface area contributed by atoms with E-state index in [4.69, 9.17) is 9.47 Å². The maximum Gasteiger partial charge on any atom is 0.335 e. The molecule has 4 aromatic carbocycles. The van der Waals surface area contributed by atoms with Crippen molar-refractivity contribution in [2.45, 2.75) is 20.5 Å². The Morgan fingerprint density at radius 3 is 2.47 bits per heavy atom. The highest BCUT2D eigenvalue weighted by molar-refractivity contribution is 5.90.